The fourth-order valence-electron chi connectivity index (χ4n) is 5.70. The molecule has 2 aliphatic carbocycles. The van der Waals surface area contributed by atoms with Gasteiger partial charge in [-0.3, -0.25) is 24.4 Å². The number of hydrogen-bond acceptors (Lipinski definition) is 10. The molecular formula is C33H46ClN5O10S. The van der Waals surface area contributed by atoms with E-state index in [0.717, 1.165) is 0 Å². The Hall–Kier alpha value is -4.05. The number of alkyl carbamates (subject to hydrolysis) is 1. The minimum Gasteiger partial charge on any atom is -0.495 e. The van der Waals surface area contributed by atoms with Crippen LogP contribution in [0.4, 0.5) is 15.3 Å². The number of carbonyl (C=O) groups is 5. The minimum atomic E-state index is -3.93. The fourth-order valence-corrected chi connectivity index (χ4v) is 7.24. The van der Waals surface area contributed by atoms with Crippen molar-refractivity contribution in [3.63, 3.8) is 0 Å². The molecule has 5 atom stereocenters. The number of halogens is 1. The molecule has 50 heavy (non-hydrogen) atoms. The predicted octanol–water partition coefficient (Wildman–Crippen LogP) is 3.48. The van der Waals surface area contributed by atoms with E-state index in [2.05, 4.69) is 27.3 Å². The van der Waals surface area contributed by atoms with Crippen LogP contribution in [0, 0.1) is 11.3 Å². The molecule has 2 unspecified atom stereocenters. The first-order valence-electron chi connectivity index (χ1n) is 16.2. The number of hydrogen-bond donors (Lipinski definition) is 4. The molecule has 15 nitrogen and oxygen atoms in total. The van der Waals surface area contributed by atoms with E-state index >= 15 is 0 Å². The molecule has 2 saturated carbocycles. The SMILES string of the molecule is C=CC1CC1(NC(=O)[C@@H]1C[C@@H](OC(=O)Nc2cc(Cl)ccc2OC)CN1C(=O)[C@@H](NC(=O)OC(C)(C)C)C(C)(C)C)C(=O)NS(=O)(=O)C1CC1. The number of nitrogens with one attached hydrogen (secondary N) is 4. The van der Waals surface area contributed by atoms with Crippen molar-refractivity contribution in [2.45, 2.75) is 102 Å². The zero-order valence-corrected chi connectivity index (χ0v) is 30.8. The van der Waals surface area contributed by atoms with Crippen molar-refractivity contribution < 1.29 is 46.6 Å². The van der Waals surface area contributed by atoms with E-state index in [0.29, 0.717) is 23.6 Å². The molecule has 1 aromatic carbocycles. The fraction of sp³-hybridized carbons (Fsp3) is 0.606. The van der Waals surface area contributed by atoms with Gasteiger partial charge in [-0.1, -0.05) is 38.4 Å². The number of amides is 5. The molecule has 0 spiro atoms. The Morgan fingerprint density at radius 3 is 2.28 bits per heavy atom. The largest absolute Gasteiger partial charge is 0.495 e. The molecule has 3 fully saturated rings. The van der Waals surface area contributed by atoms with Crippen LogP contribution in [0.15, 0.2) is 30.9 Å². The van der Waals surface area contributed by atoms with Gasteiger partial charge in [0.15, 0.2) is 0 Å². The van der Waals surface area contributed by atoms with Crippen LogP contribution in [0.1, 0.15) is 67.2 Å². The molecule has 5 amide bonds. The molecule has 1 heterocycles. The number of methoxy groups -OCH3 is 1. The van der Waals surface area contributed by atoms with Crippen molar-refractivity contribution in [2.75, 3.05) is 19.0 Å². The van der Waals surface area contributed by atoms with Gasteiger partial charge in [-0.15, -0.1) is 6.58 Å². The highest BCUT2D eigenvalue weighted by atomic mass is 35.5. The van der Waals surface area contributed by atoms with Crippen LogP contribution < -0.4 is 25.4 Å². The summed E-state index contributed by atoms with van der Waals surface area (Å²) >= 11 is 6.08. The third kappa shape index (κ3) is 9.19. The molecule has 17 heteroatoms. The highest BCUT2D eigenvalue weighted by molar-refractivity contribution is 7.91. The van der Waals surface area contributed by atoms with Gasteiger partial charge in [-0.25, -0.2) is 18.0 Å². The van der Waals surface area contributed by atoms with Crippen molar-refractivity contribution in [3.8, 4) is 5.75 Å². The summed E-state index contributed by atoms with van der Waals surface area (Å²) in [6.45, 7) is 13.6. The van der Waals surface area contributed by atoms with Crippen LogP contribution in [0.25, 0.3) is 0 Å². The van der Waals surface area contributed by atoms with Gasteiger partial charge >= 0.3 is 12.2 Å². The summed E-state index contributed by atoms with van der Waals surface area (Å²) in [5.74, 6) is -2.62. The minimum absolute atomic E-state index is 0.0868. The average Bonchev–Trinajstić information content (AvgIpc) is 3.91. The van der Waals surface area contributed by atoms with Crippen molar-refractivity contribution >= 4 is 57.2 Å². The maximum absolute atomic E-state index is 14.3. The summed E-state index contributed by atoms with van der Waals surface area (Å²) in [6.07, 6.45) is -0.583. The second-order valence-corrected chi connectivity index (χ2v) is 17.3. The number of nitrogens with zero attached hydrogens (tertiary/aromatic N) is 1. The highest BCUT2D eigenvalue weighted by Crippen LogP contribution is 2.45. The predicted molar refractivity (Wildman–Crippen MR) is 184 cm³/mol. The summed E-state index contributed by atoms with van der Waals surface area (Å²) in [5.41, 5.74) is -3.14. The van der Waals surface area contributed by atoms with E-state index in [4.69, 9.17) is 25.8 Å². The molecule has 0 aromatic heterocycles. The standard InChI is InChI=1S/C33H46ClN5O10S/c1-9-18-16-33(18,28(42)38-50(45,46)21-11-12-21)37-26(40)23-15-20(48-29(43)35-22-14-19(34)10-13-24(22)47-8)17-39(23)27(41)25(31(2,3)4)36-30(44)49-32(5,6)7/h9-10,13-14,18,20-21,23,25H,1,11-12,15-17H2,2-8H3,(H,35,43)(H,36,44)(H,37,40)(H,38,42)/t18?,20-,23+,25-,33?/m1/s1. The van der Waals surface area contributed by atoms with Gasteiger partial charge in [0.05, 0.1) is 24.6 Å². The third-order valence-corrected chi connectivity index (χ3v) is 10.6. The van der Waals surface area contributed by atoms with E-state index in [-0.39, 0.29) is 25.1 Å². The Kier molecular flexibility index (Phi) is 11.1. The zero-order chi connectivity index (χ0) is 37.4. The Balaban J connectivity index is 1.60. The lowest BCUT2D eigenvalue weighted by Gasteiger charge is -2.36. The molecule has 1 aromatic rings. The lowest BCUT2D eigenvalue weighted by atomic mass is 9.85. The number of likely N-dealkylation sites (tertiary alicyclic amines) is 1. The molecule has 3 aliphatic rings. The van der Waals surface area contributed by atoms with E-state index in [1.165, 1.54) is 24.2 Å². The molecule has 1 saturated heterocycles. The molecule has 0 radical (unpaired) electrons. The molecule has 4 N–H and O–H groups in total. The maximum Gasteiger partial charge on any atom is 0.412 e. The monoisotopic (exact) mass is 739 g/mol. The van der Waals surface area contributed by atoms with Gasteiger partial charge < -0.3 is 29.7 Å². The summed E-state index contributed by atoms with van der Waals surface area (Å²) in [7, 11) is -2.52. The lowest BCUT2D eigenvalue weighted by molar-refractivity contribution is -0.143. The van der Waals surface area contributed by atoms with Crippen LogP contribution in [0.3, 0.4) is 0 Å². The van der Waals surface area contributed by atoms with Gasteiger partial charge in [0.25, 0.3) is 5.91 Å². The van der Waals surface area contributed by atoms with E-state index < -0.39 is 85.8 Å². The Labute approximate surface area is 297 Å². The van der Waals surface area contributed by atoms with Gasteiger partial charge in [0, 0.05) is 17.4 Å². The molecular weight excluding hydrogens is 694 g/mol. The van der Waals surface area contributed by atoms with E-state index in [1.54, 1.807) is 53.7 Å². The number of carbonyl (C=O) groups excluding carboxylic acids is 5. The number of sulfonamides is 1. The van der Waals surface area contributed by atoms with Crippen molar-refractivity contribution in [1.29, 1.82) is 0 Å². The Morgan fingerprint density at radius 1 is 1.08 bits per heavy atom. The van der Waals surface area contributed by atoms with Crippen molar-refractivity contribution in [3.05, 3.63) is 35.9 Å². The van der Waals surface area contributed by atoms with Crippen molar-refractivity contribution in [1.82, 2.24) is 20.3 Å². The summed E-state index contributed by atoms with van der Waals surface area (Å²) in [6, 6.07) is 2.09. The average molecular weight is 740 g/mol. The molecule has 1 aliphatic heterocycles. The number of ether oxygens (including phenoxy) is 3. The van der Waals surface area contributed by atoms with Gasteiger partial charge in [-0.2, -0.15) is 0 Å². The zero-order valence-electron chi connectivity index (χ0n) is 29.3. The van der Waals surface area contributed by atoms with Gasteiger partial charge in [0.1, 0.15) is 35.1 Å². The highest BCUT2D eigenvalue weighted by Gasteiger charge is 2.62. The van der Waals surface area contributed by atoms with Gasteiger partial charge in [0.2, 0.25) is 21.8 Å². The van der Waals surface area contributed by atoms with Crippen LogP contribution in [-0.2, 0) is 33.9 Å². The maximum atomic E-state index is 14.3. The second-order valence-electron chi connectivity index (χ2n) is 14.9. The molecule has 4 rings (SSSR count). The van der Waals surface area contributed by atoms with Crippen LogP contribution >= 0.6 is 11.6 Å². The van der Waals surface area contributed by atoms with Crippen LogP contribution in [0.2, 0.25) is 5.02 Å². The third-order valence-electron chi connectivity index (χ3n) is 8.54. The molecule has 0 bridgehead atoms. The number of benzene rings is 1. The van der Waals surface area contributed by atoms with Gasteiger partial charge in [-0.05, 0) is 63.6 Å². The first kappa shape index (κ1) is 38.7. The lowest BCUT2D eigenvalue weighted by Crippen LogP contribution is -2.60. The summed E-state index contributed by atoms with van der Waals surface area (Å²) in [4.78, 5) is 68.7. The Morgan fingerprint density at radius 2 is 1.74 bits per heavy atom. The van der Waals surface area contributed by atoms with Crippen molar-refractivity contribution in [2.24, 2.45) is 11.3 Å². The number of rotatable bonds is 11. The quantitative estimate of drug-likeness (QED) is 0.244. The first-order valence-corrected chi connectivity index (χ1v) is 18.1. The Bertz CT molecular complexity index is 1650. The van der Waals surface area contributed by atoms with E-state index in [9.17, 15) is 32.4 Å². The topological polar surface area (TPSA) is 199 Å². The second kappa shape index (κ2) is 14.3. The number of anilines is 1. The smallest absolute Gasteiger partial charge is 0.412 e. The summed E-state index contributed by atoms with van der Waals surface area (Å²) < 4.78 is 43.6. The normalized spacial score (nSPS) is 23.9. The molecule has 276 valence electrons. The van der Waals surface area contributed by atoms with E-state index in [1.807, 2.05) is 0 Å². The van der Waals surface area contributed by atoms with Crippen LogP contribution in [-0.4, -0.2) is 91.5 Å². The summed E-state index contributed by atoms with van der Waals surface area (Å²) in [5, 5.41) is 7.50. The van der Waals surface area contributed by atoms with Crippen LogP contribution in [0.5, 0.6) is 5.75 Å². The first-order chi connectivity index (χ1) is 23.1.